The highest BCUT2D eigenvalue weighted by Crippen LogP contribution is 2.28. The van der Waals surface area contributed by atoms with E-state index in [-0.39, 0.29) is 5.78 Å². The van der Waals surface area contributed by atoms with E-state index in [9.17, 15) is 9.59 Å². The summed E-state index contributed by atoms with van der Waals surface area (Å²) in [7, 11) is 2.77. The molecule has 0 bridgehead atoms. The third kappa shape index (κ3) is 2.41. The molecule has 0 aromatic carbocycles. The van der Waals surface area contributed by atoms with E-state index in [0.29, 0.717) is 26.1 Å². The lowest BCUT2D eigenvalue weighted by atomic mass is 9.83. The molecule has 1 unspecified atom stereocenters. The van der Waals surface area contributed by atoms with E-state index in [1.54, 1.807) is 6.92 Å². The summed E-state index contributed by atoms with van der Waals surface area (Å²) in [6.07, 6.45) is 0.979. The van der Waals surface area contributed by atoms with E-state index < -0.39 is 17.5 Å². The van der Waals surface area contributed by atoms with Crippen LogP contribution in [0.5, 0.6) is 0 Å². The first-order valence-corrected chi connectivity index (χ1v) is 5.32. The van der Waals surface area contributed by atoms with Gasteiger partial charge in [0.1, 0.15) is 11.5 Å². The number of methoxy groups -OCH3 is 2. The molecule has 1 rings (SSSR count). The molecule has 1 aliphatic heterocycles. The van der Waals surface area contributed by atoms with Gasteiger partial charge in [-0.3, -0.25) is 9.59 Å². The zero-order valence-corrected chi connectivity index (χ0v) is 9.95. The van der Waals surface area contributed by atoms with Gasteiger partial charge >= 0.3 is 5.97 Å². The van der Waals surface area contributed by atoms with Gasteiger partial charge in [-0.1, -0.05) is 0 Å². The Bertz CT molecular complexity index is 268. The molecule has 1 fully saturated rings. The van der Waals surface area contributed by atoms with Gasteiger partial charge < -0.3 is 14.2 Å². The number of hydrogen-bond acceptors (Lipinski definition) is 5. The molecule has 1 heterocycles. The van der Waals surface area contributed by atoms with Crippen LogP contribution in [0.4, 0.5) is 0 Å². The molecule has 0 N–H and O–H groups in total. The third-order valence-electron chi connectivity index (χ3n) is 3.09. The molecule has 1 atom stereocenters. The Hall–Kier alpha value is -0.940. The molecule has 0 spiro atoms. The molecular formula is C11H18O5. The summed E-state index contributed by atoms with van der Waals surface area (Å²) in [4.78, 5) is 23.5. The van der Waals surface area contributed by atoms with E-state index in [1.807, 2.05) is 0 Å². The Morgan fingerprint density at radius 2 is 1.81 bits per heavy atom. The minimum absolute atomic E-state index is 0.217. The minimum Gasteiger partial charge on any atom is -0.468 e. The molecule has 0 radical (unpaired) electrons. The van der Waals surface area contributed by atoms with Gasteiger partial charge in [0.2, 0.25) is 0 Å². The van der Waals surface area contributed by atoms with Crippen molar-refractivity contribution in [1.82, 2.24) is 0 Å². The van der Waals surface area contributed by atoms with Crippen LogP contribution in [0.15, 0.2) is 0 Å². The molecule has 16 heavy (non-hydrogen) atoms. The second kappa shape index (κ2) is 5.41. The van der Waals surface area contributed by atoms with Crippen molar-refractivity contribution < 1.29 is 23.8 Å². The summed E-state index contributed by atoms with van der Waals surface area (Å²) in [6.45, 7) is 2.51. The summed E-state index contributed by atoms with van der Waals surface area (Å²) in [6, 6.07) is 0. The molecule has 0 amide bonds. The molecule has 0 aliphatic carbocycles. The number of carbonyl (C=O) groups is 2. The Balaban J connectivity index is 2.79. The molecule has 0 aromatic rings. The highest BCUT2D eigenvalue weighted by Gasteiger charge is 2.44. The number of rotatable bonds is 4. The molecule has 92 valence electrons. The molecule has 0 saturated carbocycles. The van der Waals surface area contributed by atoms with Gasteiger partial charge in [-0.2, -0.15) is 0 Å². The molecule has 0 aromatic heterocycles. The first-order chi connectivity index (χ1) is 7.57. The van der Waals surface area contributed by atoms with Gasteiger partial charge in [-0.05, 0) is 6.92 Å². The Morgan fingerprint density at radius 3 is 2.25 bits per heavy atom. The summed E-state index contributed by atoms with van der Waals surface area (Å²) in [5.74, 6) is -1.53. The first kappa shape index (κ1) is 13.1. The lowest BCUT2D eigenvalue weighted by Crippen LogP contribution is -2.49. The van der Waals surface area contributed by atoms with E-state index >= 15 is 0 Å². The Morgan fingerprint density at radius 1 is 1.25 bits per heavy atom. The van der Waals surface area contributed by atoms with Crippen molar-refractivity contribution in [1.29, 1.82) is 0 Å². The van der Waals surface area contributed by atoms with Crippen molar-refractivity contribution in [3.8, 4) is 0 Å². The molecule has 1 saturated heterocycles. The highest BCUT2D eigenvalue weighted by molar-refractivity contribution is 6.03. The summed E-state index contributed by atoms with van der Waals surface area (Å²) in [5, 5.41) is 0. The summed E-state index contributed by atoms with van der Waals surface area (Å²) >= 11 is 0. The first-order valence-electron chi connectivity index (χ1n) is 5.32. The minimum atomic E-state index is -0.883. The lowest BCUT2D eigenvalue weighted by molar-refractivity contribution is -0.164. The van der Waals surface area contributed by atoms with Crippen molar-refractivity contribution >= 4 is 11.8 Å². The van der Waals surface area contributed by atoms with Crippen LogP contribution in [0, 0.1) is 5.92 Å². The second-order valence-electron chi connectivity index (χ2n) is 3.92. The normalized spacial score (nSPS) is 21.2. The fraction of sp³-hybridized carbons (Fsp3) is 0.818. The van der Waals surface area contributed by atoms with Gasteiger partial charge in [-0.15, -0.1) is 0 Å². The predicted octanol–water partition coefficient (Wildman–Crippen LogP) is 0.560. The molecule has 5 heteroatoms. The van der Waals surface area contributed by atoms with Gasteiger partial charge in [0, 0.05) is 33.2 Å². The maximum Gasteiger partial charge on any atom is 0.316 e. The van der Waals surface area contributed by atoms with Crippen LogP contribution in [0.3, 0.4) is 0 Å². The number of hydrogen-bond donors (Lipinski definition) is 0. The predicted molar refractivity (Wildman–Crippen MR) is 56.0 cm³/mol. The average molecular weight is 230 g/mol. The number of ether oxygens (including phenoxy) is 3. The molecule has 1 aliphatic rings. The topological polar surface area (TPSA) is 61.8 Å². The van der Waals surface area contributed by atoms with E-state index in [2.05, 4.69) is 4.74 Å². The maximum atomic E-state index is 12.2. The van der Waals surface area contributed by atoms with Crippen molar-refractivity contribution in [2.45, 2.75) is 25.4 Å². The molecule has 5 nitrogen and oxygen atoms in total. The van der Waals surface area contributed by atoms with E-state index in [0.717, 1.165) is 0 Å². The smallest absolute Gasteiger partial charge is 0.316 e. The quantitative estimate of drug-likeness (QED) is 0.521. The van der Waals surface area contributed by atoms with Crippen molar-refractivity contribution in [2.24, 2.45) is 5.92 Å². The van der Waals surface area contributed by atoms with Crippen LogP contribution in [0.2, 0.25) is 0 Å². The Kier molecular flexibility index (Phi) is 4.44. The monoisotopic (exact) mass is 230 g/mol. The van der Waals surface area contributed by atoms with Gasteiger partial charge in [0.15, 0.2) is 5.78 Å². The summed E-state index contributed by atoms with van der Waals surface area (Å²) < 4.78 is 15.1. The largest absolute Gasteiger partial charge is 0.468 e. The maximum absolute atomic E-state index is 12.2. The second-order valence-corrected chi connectivity index (χ2v) is 3.92. The zero-order valence-electron chi connectivity index (χ0n) is 9.95. The number of carbonyl (C=O) groups excluding carboxylic acids is 2. The van der Waals surface area contributed by atoms with Gasteiger partial charge in [-0.25, -0.2) is 0 Å². The fourth-order valence-corrected chi connectivity index (χ4v) is 1.93. The highest BCUT2D eigenvalue weighted by atomic mass is 16.5. The number of esters is 1. The van der Waals surface area contributed by atoms with Crippen molar-refractivity contribution in [3.63, 3.8) is 0 Å². The SMILES string of the molecule is COC(=O)C(C)C(=O)C1(OC)CCOCC1. The van der Waals surface area contributed by atoms with Crippen molar-refractivity contribution in [3.05, 3.63) is 0 Å². The average Bonchev–Trinajstić information content (AvgIpc) is 2.36. The van der Waals surface area contributed by atoms with Crippen LogP contribution in [-0.4, -0.2) is 44.8 Å². The lowest BCUT2D eigenvalue weighted by Gasteiger charge is -2.35. The van der Waals surface area contributed by atoms with Crippen LogP contribution in [0.1, 0.15) is 19.8 Å². The molecular weight excluding hydrogens is 212 g/mol. The van der Waals surface area contributed by atoms with Crippen LogP contribution in [0.25, 0.3) is 0 Å². The van der Waals surface area contributed by atoms with Crippen molar-refractivity contribution in [2.75, 3.05) is 27.4 Å². The van der Waals surface area contributed by atoms with E-state index in [4.69, 9.17) is 9.47 Å². The Labute approximate surface area is 95.0 Å². The standard InChI is InChI=1S/C11H18O5/c1-8(10(13)14-2)9(12)11(15-3)4-6-16-7-5-11/h8H,4-7H2,1-3H3. The van der Waals surface area contributed by atoms with Gasteiger partial charge in [0.25, 0.3) is 0 Å². The third-order valence-corrected chi connectivity index (χ3v) is 3.09. The summed E-state index contributed by atoms with van der Waals surface area (Å²) in [5.41, 5.74) is -0.883. The number of ketones is 1. The fourth-order valence-electron chi connectivity index (χ4n) is 1.93. The van der Waals surface area contributed by atoms with Crippen LogP contribution < -0.4 is 0 Å². The van der Waals surface area contributed by atoms with E-state index in [1.165, 1.54) is 14.2 Å². The van der Waals surface area contributed by atoms with Crippen LogP contribution >= 0.6 is 0 Å². The van der Waals surface area contributed by atoms with Gasteiger partial charge in [0.05, 0.1) is 7.11 Å². The number of Topliss-reactive ketones (excluding diaryl/α,β-unsaturated/α-hetero) is 1. The van der Waals surface area contributed by atoms with Crippen LogP contribution in [-0.2, 0) is 23.8 Å². The zero-order chi connectivity index (χ0) is 12.2.